The van der Waals surface area contributed by atoms with Crippen molar-refractivity contribution in [2.75, 3.05) is 39.8 Å². The Bertz CT molecular complexity index is 1450. The summed E-state index contributed by atoms with van der Waals surface area (Å²) in [5.41, 5.74) is 7.85. The number of aryl methyl sites for hydroxylation is 1. The number of piperidine rings is 1. The van der Waals surface area contributed by atoms with E-state index in [4.69, 9.17) is 4.98 Å². The summed E-state index contributed by atoms with van der Waals surface area (Å²) in [6.45, 7) is 20.4. The molecule has 2 aliphatic rings. The molecule has 7 heteroatoms. The summed E-state index contributed by atoms with van der Waals surface area (Å²) in [6, 6.07) is 5.29. The molecule has 2 saturated heterocycles. The second-order valence-corrected chi connectivity index (χ2v) is 11.4. The first-order valence-corrected chi connectivity index (χ1v) is 15.9. The van der Waals surface area contributed by atoms with Crippen molar-refractivity contribution in [3.63, 3.8) is 0 Å². The van der Waals surface area contributed by atoms with E-state index in [0.29, 0.717) is 17.3 Å². The highest BCUT2D eigenvalue weighted by Gasteiger charge is 2.17. The topological polar surface area (TPSA) is 68.9 Å². The molecular formula is C36H49FN6. The number of aromatic amines is 1. The van der Waals surface area contributed by atoms with Crippen LogP contribution in [0.25, 0.3) is 27.7 Å². The lowest BCUT2D eigenvalue weighted by Gasteiger charge is -2.23. The molecule has 1 aromatic carbocycles. The van der Waals surface area contributed by atoms with Gasteiger partial charge in [0.05, 0.1) is 17.2 Å². The highest BCUT2D eigenvalue weighted by molar-refractivity contribution is 5.93. The third kappa shape index (κ3) is 8.30. The van der Waals surface area contributed by atoms with Crippen LogP contribution in [0.5, 0.6) is 0 Å². The largest absolute Gasteiger partial charge is 0.388 e. The summed E-state index contributed by atoms with van der Waals surface area (Å²) in [5, 5.41) is 6.70. The first-order valence-electron chi connectivity index (χ1n) is 15.9. The number of likely N-dealkylation sites (N-methyl/N-ethyl adjacent to an activating group) is 1. The molecule has 0 aliphatic carbocycles. The maximum Gasteiger partial charge on any atom is 0.138 e. The monoisotopic (exact) mass is 584 g/mol. The molecule has 3 aromatic rings. The first kappa shape index (κ1) is 32.4. The zero-order valence-corrected chi connectivity index (χ0v) is 26.5. The minimum Gasteiger partial charge on any atom is -0.388 e. The number of hydrogen-bond acceptors (Lipinski definition) is 5. The van der Waals surface area contributed by atoms with Gasteiger partial charge in [0.1, 0.15) is 11.6 Å². The molecule has 2 aromatic heterocycles. The minimum atomic E-state index is -0.235. The Morgan fingerprint density at radius 1 is 1.09 bits per heavy atom. The average Bonchev–Trinajstić information content (AvgIpc) is 3.72. The fourth-order valence-electron chi connectivity index (χ4n) is 6.02. The number of rotatable bonds is 11. The normalized spacial score (nSPS) is 16.7. The van der Waals surface area contributed by atoms with Crippen LogP contribution in [0.1, 0.15) is 64.3 Å². The molecule has 2 aliphatic heterocycles. The van der Waals surface area contributed by atoms with Gasteiger partial charge in [-0.2, -0.15) is 0 Å². The molecule has 0 unspecified atom stereocenters. The van der Waals surface area contributed by atoms with Crippen LogP contribution >= 0.6 is 0 Å². The number of benzene rings is 1. The van der Waals surface area contributed by atoms with E-state index in [1.54, 1.807) is 24.5 Å². The highest BCUT2D eigenvalue weighted by atomic mass is 19.1. The molecule has 6 nitrogen and oxygen atoms in total. The number of imidazole rings is 1. The average molecular weight is 585 g/mol. The van der Waals surface area contributed by atoms with Gasteiger partial charge in [0.25, 0.3) is 0 Å². The van der Waals surface area contributed by atoms with Gasteiger partial charge in [-0.1, -0.05) is 44.7 Å². The molecule has 4 heterocycles. The minimum absolute atomic E-state index is 0.235. The predicted molar refractivity (Wildman–Crippen MR) is 179 cm³/mol. The fourth-order valence-corrected chi connectivity index (χ4v) is 6.02. The maximum atomic E-state index is 14.8. The van der Waals surface area contributed by atoms with Gasteiger partial charge in [0.15, 0.2) is 0 Å². The van der Waals surface area contributed by atoms with Gasteiger partial charge in [0.2, 0.25) is 0 Å². The van der Waals surface area contributed by atoms with Crippen molar-refractivity contribution in [3.8, 4) is 11.1 Å². The zero-order chi connectivity index (χ0) is 30.8. The Morgan fingerprint density at radius 3 is 2.56 bits per heavy atom. The van der Waals surface area contributed by atoms with E-state index in [-0.39, 0.29) is 5.82 Å². The van der Waals surface area contributed by atoms with Crippen LogP contribution in [0.15, 0.2) is 72.7 Å². The lowest BCUT2D eigenvalue weighted by atomic mass is 9.90. The highest BCUT2D eigenvalue weighted by Crippen LogP contribution is 2.31. The quantitative estimate of drug-likeness (QED) is 0.205. The third-order valence-electron chi connectivity index (χ3n) is 8.54. The number of H-pyrrole nitrogens is 1. The van der Waals surface area contributed by atoms with E-state index in [2.05, 4.69) is 63.8 Å². The van der Waals surface area contributed by atoms with Crippen LogP contribution in [0.3, 0.4) is 0 Å². The lowest BCUT2D eigenvalue weighted by Crippen LogP contribution is -2.28. The number of pyridine rings is 1. The molecule has 0 bridgehead atoms. The second kappa shape index (κ2) is 15.8. The van der Waals surface area contributed by atoms with Crippen LogP contribution in [0.4, 0.5) is 4.39 Å². The second-order valence-electron chi connectivity index (χ2n) is 11.4. The number of nitrogens with one attached hydrogen (secondary N) is 3. The van der Waals surface area contributed by atoms with Crippen LogP contribution in [0.2, 0.25) is 0 Å². The number of fused-ring (bicyclic) bond motifs is 1. The Kier molecular flexibility index (Phi) is 11.9. The number of allylic oxidation sites excluding steroid dienone is 4. The molecule has 5 rings (SSSR count). The van der Waals surface area contributed by atoms with Crippen LogP contribution in [0, 0.1) is 11.7 Å². The molecule has 0 atom stereocenters. The molecular weight excluding hydrogens is 535 g/mol. The summed E-state index contributed by atoms with van der Waals surface area (Å²) < 4.78 is 14.8. The van der Waals surface area contributed by atoms with E-state index in [1.807, 2.05) is 20.9 Å². The van der Waals surface area contributed by atoms with Gasteiger partial charge in [0, 0.05) is 35.7 Å². The van der Waals surface area contributed by atoms with Gasteiger partial charge >= 0.3 is 0 Å². The van der Waals surface area contributed by atoms with Crippen molar-refractivity contribution in [2.24, 2.45) is 5.92 Å². The summed E-state index contributed by atoms with van der Waals surface area (Å²) in [4.78, 5) is 15.2. The molecule has 2 fully saturated rings. The summed E-state index contributed by atoms with van der Waals surface area (Å²) in [5.74, 6) is 0.999. The number of likely N-dealkylation sites (tertiary alicyclic amines) is 1. The summed E-state index contributed by atoms with van der Waals surface area (Å²) in [7, 11) is 1.89. The van der Waals surface area contributed by atoms with E-state index < -0.39 is 0 Å². The van der Waals surface area contributed by atoms with Crippen molar-refractivity contribution in [1.82, 2.24) is 30.5 Å². The third-order valence-corrected chi connectivity index (χ3v) is 8.54. The number of halogens is 1. The van der Waals surface area contributed by atoms with Crippen molar-refractivity contribution >= 4 is 16.6 Å². The van der Waals surface area contributed by atoms with Gasteiger partial charge in [-0.3, -0.25) is 4.98 Å². The van der Waals surface area contributed by atoms with Gasteiger partial charge in [-0.05, 0) is 113 Å². The molecule has 43 heavy (non-hydrogen) atoms. The van der Waals surface area contributed by atoms with E-state index in [9.17, 15) is 4.39 Å². The number of nitrogens with zero attached hydrogens (tertiary/aromatic N) is 3. The molecule has 0 radical (unpaired) electrons. The maximum absolute atomic E-state index is 14.8. The molecule has 230 valence electrons. The molecule has 0 spiro atoms. The number of hydrogen-bond donors (Lipinski definition) is 3. The van der Waals surface area contributed by atoms with Crippen molar-refractivity contribution < 1.29 is 4.39 Å². The summed E-state index contributed by atoms with van der Waals surface area (Å²) >= 11 is 0. The van der Waals surface area contributed by atoms with Crippen LogP contribution in [-0.4, -0.2) is 59.6 Å². The van der Waals surface area contributed by atoms with Gasteiger partial charge in [-0.15, -0.1) is 0 Å². The smallest absolute Gasteiger partial charge is 0.138 e. The molecule has 0 saturated carbocycles. The zero-order valence-electron chi connectivity index (χ0n) is 26.5. The molecule has 0 amide bonds. The van der Waals surface area contributed by atoms with Gasteiger partial charge in [-0.25, -0.2) is 9.37 Å². The fraction of sp³-hybridized carbons (Fsp3) is 0.444. The Labute approximate surface area is 257 Å². The summed E-state index contributed by atoms with van der Waals surface area (Å²) in [6.07, 6.45) is 14.6. The van der Waals surface area contributed by atoms with Crippen LogP contribution < -0.4 is 10.6 Å². The van der Waals surface area contributed by atoms with Crippen molar-refractivity contribution in [3.05, 3.63) is 90.0 Å². The molecule has 3 N–H and O–H groups in total. The lowest BCUT2D eigenvalue weighted by molar-refractivity contribution is 0.334. The van der Waals surface area contributed by atoms with Crippen molar-refractivity contribution in [2.45, 2.75) is 59.3 Å². The number of aromatic nitrogens is 3. The Hall–Kier alpha value is -3.55. The van der Waals surface area contributed by atoms with E-state index in [1.165, 1.54) is 44.3 Å². The first-order chi connectivity index (χ1) is 20.9. The van der Waals surface area contributed by atoms with E-state index >= 15 is 0 Å². The van der Waals surface area contributed by atoms with Crippen LogP contribution in [-0.2, 0) is 6.42 Å². The predicted octanol–water partition coefficient (Wildman–Crippen LogP) is 7.44. The van der Waals surface area contributed by atoms with Crippen molar-refractivity contribution in [1.29, 1.82) is 0 Å². The van der Waals surface area contributed by atoms with Gasteiger partial charge < -0.3 is 20.5 Å². The Balaban J connectivity index is 0.00000207. The van der Waals surface area contributed by atoms with E-state index in [0.717, 1.165) is 71.5 Å². The standard InChI is InChI=1S/C34H43FN6.C2H6/c1-23(27-11-13-37-14-12-27)9-10-31(36-4)24(2)25(3)34-39-32-22-38-21-30(33(32)40-34)28-18-26(19-29(35)20-28)8-7-17-41-15-5-6-16-41;1-2/h9-10,18-22,27,36-37H,2-3,5-8,11-17H2,1,4H3,(H,39,40);1-2H3/b23-9+,31-10+;. The Morgan fingerprint density at radius 2 is 1.84 bits per heavy atom. The SMILES string of the molecule is C=C(C(=C)c1nc2c(-c3cc(F)cc(CCCN4CCCC4)c3)cncc2[nH]1)/C(=C\C=C(/C)C1CCNCC1)NC.CC.